The highest BCUT2D eigenvalue weighted by molar-refractivity contribution is 5.74. The van der Waals surface area contributed by atoms with E-state index in [1.54, 1.807) is 18.4 Å². The number of amides is 2. The molecule has 106 valence electrons. The summed E-state index contributed by atoms with van der Waals surface area (Å²) in [5, 5.41) is 14.0. The Morgan fingerprint density at radius 3 is 2.74 bits per heavy atom. The summed E-state index contributed by atoms with van der Waals surface area (Å²) in [5.41, 5.74) is 0. The van der Waals surface area contributed by atoms with Gasteiger partial charge in [-0.15, -0.1) is 0 Å². The molecule has 19 heavy (non-hydrogen) atoms. The van der Waals surface area contributed by atoms with Gasteiger partial charge in [-0.3, -0.25) is 4.79 Å². The number of carboxylic acids is 1. The van der Waals surface area contributed by atoms with E-state index in [0.29, 0.717) is 18.7 Å². The number of hydrogen-bond acceptors (Lipinski definition) is 3. The molecule has 0 fully saturated rings. The lowest BCUT2D eigenvalue weighted by Crippen LogP contribution is -2.39. The van der Waals surface area contributed by atoms with Gasteiger partial charge in [0.2, 0.25) is 0 Å². The number of carboxylic acid groups (broad SMARTS) is 1. The summed E-state index contributed by atoms with van der Waals surface area (Å²) in [7, 11) is 0. The average Bonchev–Trinajstić information content (AvgIpc) is 2.87. The molecule has 0 radical (unpaired) electrons. The largest absolute Gasteiger partial charge is 0.481 e. The van der Waals surface area contributed by atoms with Crippen LogP contribution in [0.1, 0.15) is 38.5 Å². The van der Waals surface area contributed by atoms with Gasteiger partial charge in [0.25, 0.3) is 0 Å². The van der Waals surface area contributed by atoms with Crippen LogP contribution >= 0.6 is 0 Å². The predicted molar refractivity (Wildman–Crippen MR) is 69.7 cm³/mol. The second kappa shape index (κ2) is 7.45. The lowest BCUT2D eigenvalue weighted by Gasteiger charge is -2.15. The van der Waals surface area contributed by atoms with Gasteiger partial charge in [-0.2, -0.15) is 0 Å². The van der Waals surface area contributed by atoms with E-state index in [4.69, 9.17) is 9.52 Å². The number of aliphatic carboxylic acids is 1. The van der Waals surface area contributed by atoms with Crippen molar-refractivity contribution >= 4 is 12.0 Å². The van der Waals surface area contributed by atoms with Gasteiger partial charge in [-0.25, -0.2) is 4.79 Å². The molecule has 0 aliphatic carbocycles. The minimum absolute atomic E-state index is 0.118. The number of carbonyl (C=O) groups excluding carboxylic acids is 1. The van der Waals surface area contributed by atoms with Crippen molar-refractivity contribution in [2.24, 2.45) is 5.92 Å². The predicted octanol–water partition coefficient (Wildman–Crippen LogP) is 2.14. The zero-order valence-corrected chi connectivity index (χ0v) is 11.2. The molecule has 1 aromatic heterocycles. The molecule has 2 amide bonds. The third-order valence-corrected chi connectivity index (χ3v) is 2.78. The topological polar surface area (TPSA) is 91.6 Å². The highest BCUT2D eigenvalue weighted by Crippen LogP contribution is 2.11. The van der Waals surface area contributed by atoms with Crippen LogP contribution in [0.25, 0.3) is 0 Å². The number of urea groups is 1. The molecule has 0 spiro atoms. The first-order chi connectivity index (χ1) is 8.99. The van der Waals surface area contributed by atoms with E-state index >= 15 is 0 Å². The summed E-state index contributed by atoms with van der Waals surface area (Å²) in [6.45, 7) is 4.18. The van der Waals surface area contributed by atoms with Crippen LogP contribution in [-0.2, 0) is 4.79 Å². The Bertz CT molecular complexity index is 403. The van der Waals surface area contributed by atoms with Gasteiger partial charge < -0.3 is 20.2 Å². The first kappa shape index (κ1) is 15.1. The van der Waals surface area contributed by atoms with Gasteiger partial charge in [-0.05, 0) is 31.4 Å². The van der Waals surface area contributed by atoms with Gasteiger partial charge >= 0.3 is 12.0 Å². The summed E-state index contributed by atoms with van der Waals surface area (Å²) >= 11 is 0. The van der Waals surface area contributed by atoms with Crippen LogP contribution in [0.4, 0.5) is 4.79 Å². The van der Waals surface area contributed by atoms with Crippen molar-refractivity contribution in [1.82, 2.24) is 10.6 Å². The quantitative estimate of drug-likeness (QED) is 0.706. The molecular weight excluding hydrogens is 248 g/mol. The van der Waals surface area contributed by atoms with Crippen LogP contribution in [-0.4, -0.2) is 23.7 Å². The maximum Gasteiger partial charge on any atom is 0.315 e. The summed E-state index contributed by atoms with van der Waals surface area (Å²) in [4.78, 5) is 22.0. The zero-order chi connectivity index (χ0) is 14.3. The Hall–Kier alpha value is -1.98. The van der Waals surface area contributed by atoms with E-state index in [-0.39, 0.29) is 24.4 Å². The van der Waals surface area contributed by atoms with Crippen LogP contribution in [0.2, 0.25) is 0 Å². The molecule has 1 aromatic rings. The molecule has 0 saturated carbocycles. The third kappa shape index (κ3) is 5.94. The van der Waals surface area contributed by atoms with E-state index < -0.39 is 5.97 Å². The second-order valence-corrected chi connectivity index (χ2v) is 4.63. The first-order valence-corrected chi connectivity index (χ1v) is 6.28. The van der Waals surface area contributed by atoms with Crippen LogP contribution in [0, 0.1) is 5.92 Å². The van der Waals surface area contributed by atoms with Crippen LogP contribution < -0.4 is 10.6 Å². The fraction of sp³-hybridized carbons (Fsp3) is 0.538. The molecule has 2 atom stereocenters. The fourth-order valence-corrected chi connectivity index (χ4v) is 1.60. The molecule has 0 aromatic carbocycles. The Labute approximate surface area is 112 Å². The highest BCUT2D eigenvalue weighted by Gasteiger charge is 2.12. The van der Waals surface area contributed by atoms with Gasteiger partial charge in [0.1, 0.15) is 5.76 Å². The van der Waals surface area contributed by atoms with Gasteiger partial charge in [0, 0.05) is 13.0 Å². The van der Waals surface area contributed by atoms with E-state index in [0.717, 1.165) is 0 Å². The lowest BCUT2D eigenvalue weighted by atomic mass is 10.1. The number of hydrogen-bond donors (Lipinski definition) is 3. The maximum absolute atomic E-state index is 11.6. The molecular formula is C13H20N2O4. The van der Waals surface area contributed by atoms with Gasteiger partial charge in [0.15, 0.2) is 0 Å². The monoisotopic (exact) mass is 268 g/mol. The Kier molecular flexibility index (Phi) is 5.92. The minimum Gasteiger partial charge on any atom is -0.481 e. The van der Waals surface area contributed by atoms with Crippen LogP contribution in [0.5, 0.6) is 0 Å². The van der Waals surface area contributed by atoms with Crippen LogP contribution in [0.3, 0.4) is 0 Å². The van der Waals surface area contributed by atoms with Gasteiger partial charge in [-0.1, -0.05) is 6.92 Å². The summed E-state index contributed by atoms with van der Waals surface area (Å²) in [6.07, 6.45) is 2.22. The van der Waals surface area contributed by atoms with Crippen LogP contribution in [0.15, 0.2) is 22.8 Å². The summed E-state index contributed by atoms with van der Waals surface area (Å²) in [6, 6.07) is 3.07. The fourth-order valence-electron chi connectivity index (χ4n) is 1.60. The summed E-state index contributed by atoms with van der Waals surface area (Å²) < 4.78 is 5.18. The normalized spacial score (nSPS) is 13.6. The molecule has 3 N–H and O–H groups in total. The molecule has 6 heteroatoms. The second-order valence-electron chi connectivity index (χ2n) is 4.63. The minimum atomic E-state index is -0.817. The third-order valence-electron chi connectivity index (χ3n) is 2.78. The number of nitrogens with one attached hydrogen (secondary N) is 2. The van der Waals surface area contributed by atoms with E-state index in [9.17, 15) is 9.59 Å². The summed E-state index contributed by atoms with van der Waals surface area (Å²) in [5.74, 6) is -0.00223. The van der Waals surface area contributed by atoms with Crippen molar-refractivity contribution in [1.29, 1.82) is 0 Å². The van der Waals surface area contributed by atoms with Crippen molar-refractivity contribution in [3.8, 4) is 0 Å². The molecule has 0 aliphatic heterocycles. The van der Waals surface area contributed by atoms with E-state index in [2.05, 4.69) is 10.6 Å². The molecule has 6 nitrogen and oxygen atoms in total. The molecule has 0 aliphatic rings. The van der Waals surface area contributed by atoms with Crippen molar-refractivity contribution in [2.75, 3.05) is 6.54 Å². The van der Waals surface area contributed by atoms with Crippen molar-refractivity contribution in [2.45, 2.75) is 32.7 Å². The molecule has 2 unspecified atom stereocenters. The first-order valence-electron chi connectivity index (χ1n) is 6.28. The van der Waals surface area contributed by atoms with Crippen molar-refractivity contribution in [3.05, 3.63) is 24.2 Å². The lowest BCUT2D eigenvalue weighted by molar-refractivity contribution is -0.137. The SMILES string of the molecule is CC(CCC(=O)O)CNC(=O)NC(C)c1ccco1. The Morgan fingerprint density at radius 2 is 2.16 bits per heavy atom. The Balaban J connectivity index is 2.22. The number of rotatable bonds is 7. The van der Waals surface area contributed by atoms with E-state index in [1.807, 2.05) is 13.8 Å². The van der Waals surface area contributed by atoms with E-state index in [1.165, 1.54) is 0 Å². The molecule has 0 bridgehead atoms. The smallest absolute Gasteiger partial charge is 0.315 e. The average molecular weight is 268 g/mol. The van der Waals surface area contributed by atoms with Gasteiger partial charge in [0.05, 0.1) is 12.3 Å². The molecule has 1 heterocycles. The van der Waals surface area contributed by atoms with Crippen molar-refractivity contribution in [3.63, 3.8) is 0 Å². The molecule has 0 saturated heterocycles. The molecule has 1 rings (SSSR count). The highest BCUT2D eigenvalue weighted by atomic mass is 16.4. The standard InChI is InChI=1S/C13H20N2O4/c1-9(5-6-12(16)17)8-14-13(18)15-10(2)11-4-3-7-19-11/h3-4,7,9-10H,5-6,8H2,1-2H3,(H,16,17)(H2,14,15,18). The maximum atomic E-state index is 11.6. The Morgan fingerprint density at radius 1 is 1.42 bits per heavy atom. The number of furan rings is 1. The number of carbonyl (C=O) groups is 2. The van der Waals surface area contributed by atoms with Crippen molar-refractivity contribution < 1.29 is 19.1 Å². The zero-order valence-electron chi connectivity index (χ0n) is 11.2.